The molecule has 0 bridgehead atoms. The Labute approximate surface area is 154 Å². The van der Waals surface area contributed by atoms with Crippen LogP contribution in [0.4, 0.5) is 5.82 Å². The lowest BCUT2D eigenvalue weighted by Gasteiger charge is -2.12. The number of aliphatic imine (C=N–C) groups is 1. The van der Waals surface area contributed by atoms with Crippen molar-refractivity contribution in [2.24, 2.45) is 10.9 Å². The van der Waals surface area contributed by atoms with E-state index in [2.05, 4.69) is 45.0 Å². The van der Waals surface area contributed by atoms with E-state index in [0.29, 0.717) is 6.04 Å². The zero-order valence-corrected chi connectivity index (χ0v) is 15.9. The van der Waals surface area contributed by atoms with Gasteiger partial charge < -0.3 is 16.0 Å². The minimum atomic E-state index is 0. The Hall–Kier alpha value is -1.57. The SMILES string of the molecule is CN=C(NCCNc1ccc2ccccc2n1)NC1CC1C.I. The van der Waals surface area contributed by atoms with Crippen LogP contribution in [-0.4, -0.2) is 37.1 Å². The standard InChI is InChI=1S/C17H23N5.HI/c1-12-11-15(12)22-17(18-2)20-10-9-19-16-8-7-13-5-3-4-6-14(13)21-16;/h3-8,12,15H,9-11H2,1-2H3,(H,19,21)(H2,18,20,22);1H. The number of halogens is 1. The molecule has 2 unspecified atom stereocenters. The van der Waals surface area contributed by atoms with Gasteiger partial charge in [-0.2, -0.15) is 0 Å². The summed E-state index contributed by atoms with van der Waals surface area (Å²) in [6.07, 6.45) is 1.24. The summed E-state index contributed by atoms with van der Waals surface area (Å²) in [5.41, 5.74) is 1.01. The van der Waals surface area contributed by atoms with Gasteiger partial charge in [0.1, 0.15) is 5.82 Å². The lowest BCUT2D eigenvalue weighted by Crippen LogP contribution is -2.41. The van der Waals surface area contributed by atoms with Crippen molar-refractivity contribution in [3.63, 3.8) is 0 Å². The van der Waals surface area contributed by atoms with Gasteiger partial charge in [0.2, 0.25) is 0 Å². The Kier molecular flexibility index (Phi) is 6.44. The molecule has 1 aromatic heterocycles. The van der Waals surface area contributed by atoms with Gasteiger partial charge in [-0.1, -0.05) is 25.1 Å². The predicted molar refractivity (Wildman–Crippen MR) is 108 cm³/mol. The number of para-hydroxylation sites is 1. The molecule has 1 aromatic carbocycles. The summed E-state index contributed by atoms with van der Waals surface area (Å²) in [5, 5.41) is 11.2. The number of aromatic nitrogens is 1. The summed E-state index contributed by atoms with van der Waals surface area (Å²) in [4.78, 5) is 8.83. The van der Waals surface area contributed by atoms with Crippen LogP contribution in [0.2, 0.25) is 0 Å². The molecule has 2 atom stereocenters. The number of nitrogens with one attached hydrogen (secondary N) is 3. The van der Waals surface area contributed by atoms with Crippen molar-refractivity contribution in [2.75, 3.05) is 25.5 Å². The summed E-state index contributed by atoms with van der Waals surface area (Å²) in [5.74, 6) is 2.54. The van der Waals surface area contributed by atoms with Crippen LogP contribution in [0.15, 0.2) is 41.4 Å². The fourth-order valence-electron chi connectivity index (χ4n) is 2.43. The van der Waals surface area contributed by atoms with E-state index in [1.54, 1.807) is 7.05 Å². The molecular weight excluding hydrogens is 401 g/mol. The molecule has 23 heavy (non-hydrogen) atoms. The highest BCUT2D eigenvalue weighted by molar-refractivity contribution is 14.0. The van der Waals surface area contributed by atoms with Crippen LogP contribution in [0.5, 0.6) is 0 Å². The van der Waals surface area contributed by atoms with Crippen molar-refractivity contribution in [1.29, 1.82) is 0 Å². The highest BCUT2D eigenvalue weighted by Gasteiger charge is 2.33. The lowest BCUT2D eigenvalue weighted by molar-refractivity contribution is 0.766. The summed E-state index contributed by atoms with van der Waals surface area (Å²) < 4.78 is 0. The van der Waals surface area contributed by atoms with E-state index in [0.717, 1.165) is 41.7 Å². The molecular formula is C17H24IN5. The normalized spacial score (nSPS) is 19.8. The first-order chi connectivity index (χ1) is 10.8. The highest BCUT2D eigenvalue weighted by atomic mass is 127. The van der Waals surface area contributed by atoms with Crippen molar-refractivity contribution in [3.05, 3.63) is 36.4 Å². The van der Waals surface area contributed by atoms with E-state index in [9.17, 15) is 0 Å². The topological polar surface area (TPSA) is 61.3 Å². The molecule has 0 radical (unpaired) electrons. The predicted octanol–water partition coefficient (Wildman–Crippen LogP) is 2.84. The van der Waals surface area contributed by atoms with E-state index < -0.39 is 0 Å². The molecule has 3 rings (SSSR count). The van der Waals surface area contributed by atoms with Gasteiger partial charge >= 0.3 is 0 Å². The third-order valence-corrected chi connectivity index (χ3v) is 3.98. The second kappa shape index (κ2) is 8.33. The number of hydrogen-bond acceptors (Lipinski definition) is 3. The van der Waals surface area contributed by atoms with Gasteiger partial charge in [0.15, 0.2) is 5.96 Å². The zero-order valence-electron chi connectivity index (χ0n) is 13.5. The summed E-state index contributed by atoms with van der Waals surface area (Å²) in [6.45, 7) is 3.85. The number of guanidine groups is 1. The van der Waals surface area contributed by atoms with Gasteiger partial charge in [0, 0.05) is 31.6 Å². The molecule has 0 saturated heterocycles. The van der Waals surface area contributed by atoms with Crippen LogP contribution in [0.25, 0.3) is 10.9 Å². The van der Waals surface area contributed by atoms with Crippen molar-refractivity contribution in [1.82, 2.24) is 15.6 Å². The van der Waals surface area contributed by atoms with Crippen LogP contribution >= 0.6 is 24.0 Å². The zero-order chi connectivity index (χ0) is 15.4. The quantitative estimate of drug-likeness (QED) is 0.299. The van der Waals surface area contributed by atoms with Crippen LogP contribution < -0.4 is 16.0 Å². The molecule has 0 aliphatic heterocycles. The Morgan fingerprint density at radius 2 is 2.00 bits per heavy atom. The van der Waals surface area contributed by atoms with E-state index in [-0.39, 0.29) is 24.0 Å². The van der Waals surface area contributed by atoms with E-state index in [1.165, 1.54) is 6.42 Å². The first-order valence-electron chi connectivity index (χ1n) is 7.83. The van der Waals surface area contributed by atoms with Gasteiger partial charge in [-0.3, -0.25) is 4.99 Å². The van der Waals surface area contributed by atoms with Gasteiger partial charge in [0.25, 0.3) is 0 Å². The van der Waals surface area contributed by atoms with Crippen LogP contribution in [0.1, 0.15) is 13.3 Å². The molecule has 1 heterocycles. The minimum Gasteiger partial charge on any atom is -0.368 e. The van der Waals surface area contributed by atoms with Crippen molar-refractivity contribution < 1.29 is 0 Å². The first-order valence-corrected chi connectivity index (χ1v) is 7.83. The number of rotatable bonds is 5. The third-order valence-electron chi connectivity index (χ3n) is 3.98. The first kappa shape index (κ1) is 17.8. The minimum absolute atomic E-state index is 0. The fraction of sp³-hybridized carbons (Fsp3) is 0.412. The van der Waals surface area contributed by atoms with Crippen LogP contribution in [0.3, 0.4) is 0 Å². The monoisotopic (exact) mass is 425 g/mol. The maximum atomic E-state index is 4.60. The second-order valence-electron chi connectivity index (χ2n) is 5.78. The third kappa shape index (κ3) is 4.95. The molecule has 0 amide bonds. The van der Waals surface area contributed by atoms with E-state index in [1.807, 2.05) is 24.3 Å². The number of fused-ring (bicyclic) bond motifs is 1. The number of benzene rings is 1. The Morgan fingerprint density at radius 3 is 2.74 bits per heavy atom. The molecule has 2 aromatic rings. The maximum Gasteiger partial charge on any atom is 0.191 e. The summed E-state index contributed by atoms with van der Waals surface area (Å²) >= 11 is 0. The molecule has 1 aliphatic rings. The molecule has 0 spiro atoms. The molecule has 3 N–H and O–H groups in total. The molecule has 124 valence electrons. The van der Waals surface area contributed by atoms with Crippen LogP contribution in [-0.2, 0) is 0 Å². The highest BCUT2D eigenvalue weighted by Crippen LogP contribution is 2.28. The average molecular weight is 425 g/mol. The fourth-order valence-corrected chi connectivity index (χ4v) is 2.43. The maximum absolute atomic E-state index is 4.60. The molecule has 1 fully saturated rings. The number of pyridine rings is 1. The van der Waals surface area contributed by atoms with Crippen molar-refractivity contribution in [3.8, 4) is 0 Å². The largest absolute Gasteiger partial charge is 0.368 e. The number of hydrogen-bond donors (Lipinski definition) is 3. The van der Waals surface area contributed by atoms with Gasteiger partial charge in [0.05, 0.1) is 5.52 Å². The molecule has 1 saturated carbocycles. The average Bonchev–Trinajstić information content (AvgIpc) is 3.25. The second-order valence-corrected chi connectivity index (χ2v) is 5.78. The Bertz CT molecular complexity index is 673. The summed E-state index contributed by atoms with van der Waals surface area (Å²) in [7, 11) is 1.81. The Balaban J connectivity index is 0.00000192. The van der Waals surface area contributed by atoms with Gasteiger partial charge in [-0.15, -0.1) is 24.0 Å². The number of nitrogens with zero attached hydrogens (tertiary/aromatic N) is 2. The van der Waals surface area contributed by atoms with Crippen molar-refractivity contribution >= 4 is 46.7 Å². The number of anilines is 1. The van der Waals surface area contributed by atoms with E-state index >= 15 is 0 Å². The molecule has 1 aliphatic carbocycles. The van der Waals surface area contributed by atoms with Gasteiger partial charge in [-0.25, -0.2) is 4.98 Å². The van der Waals surface area contributed by atoms with Gasteiger partial charge in [-0.05, 0) is 30.5 Å². The lowest BCUT2D eigenvalue weighted by atomic mass is 10.2. The Morgan fingerprint density at radius 1 is 1.22 bits per heavy atom. The van der Waals surface area contributed by atoms with Crippen LogP contribution in [0, 0.1) is 5.92 Å². The molecule has 6 heteroatoms. The summed E-state index contributed by atoms with van der Waals surface area (Å²) in [6, 6.07) is 12.8. The smallest absolute Gasteiger partial charge is 0.191 e. The molecule has 5 nitrogen and oxygen atoms in total. The van der Waals surface area contributed by atoms with Crippen molar-refractivity contribution in [2.45, 2.75) is 19.4 Å². The van der Waals surface area contributed by atoms with E-state index in [4.69, 9.17) is 0 Å².